The Bertz CT molecular complexity index is 901. The number of nitrogens with one attached hydrogen (secondary N) is 2. The molecule has 3 N–H and O–H groups in total. The van der Waals surface area contributed by atoms with Gasteiger partial charge in [-0.15, -0.1) is 0 Å². The Hall–Kier alpha value is -3.41. The molecule has 1 amide bonds. The fourth-order valence-electron chi connectivity index (χ4n) is 2.74. The molecule has 0 bridgehead atoms. The summed E-state index contributed by atoms with van der Waals surface area (Å²) < 4.78 is 0. The fraction of sp³-hybridized carbons (Fsp3) is 0.105. The second-order valence-corrected chi connectivity index (χ2v) is 5.63. The highest BCUT2D eigenvalue weighted by molar-refractivity contribution is 6.36. The lowest BCUT2D eigenvalue weighted by atomic mass is 9.98. The van der Waals surface area contributed by atoms with Gasteiger partial charge < -0.3 is 15.7 Å². The van der Waals surface area contributed by atoms with Gasteiger partial charge >= 0.3 is 5.97 Å². The van der Waals surface area contributed by atoms with Gasteiger partial charge in [0.25, 0.3) is 5.91 Å². The van der Waals surface area contributed by atoms with Crippen LogP contribution in [0.25, 0.3) is 11.3 Å². The molecule has 0 aromatic heterocycles. The van der Waals surface area contributed by atoms with Crippen LogP contribution in [-0.4, -0.2) is 29.3 Å². The first-order valence-electron chi connectivity index (χ1n) is 7.69. The van der Waals surface area contributed by atoms with Crippen molar-refractivity contribution in [3.05, 3.63) is 65.2 Å². The number of rotatable bonds is 5. The third-order valence-electron chi connectivity index (χ3n) is 3.90. The van der Waals surface area contributed by atoms with E-state index in [1.54, 1.807) is 42.5 Å². The molecule has 0 saturated heterocycles. The lowest BCUT2D eigenvalue weighted by Gasteiger charge is -2.13. The van der Waals surface area contributed by atoms with Gasteiger partial charge in [0.1, 0.15) is 6.54 Å². The number of carbonyl (C=O) groups is 3. The number of aliphatic carboxylic acids is 1. The Labute approximate surface area is 144 Å². The highest BCUT2D eigenvalue weighted by atomic mass is 16.4. The van der Waals surface area contributed by atoms with Crippen LogP contribution in [0.4, 0.5) is 5.69 Å². The fourth-order valence-corrected chi connectivity index (χ4v) is 2.74. The predicted octanol–water partition coefficient (Wildman–Crippen LogP) is 2.38. The van der Waals surface area contributed by atoms with Gasteiger partial charge in [0.05, 0.1) is 11.3 Å². The lowest BCUT2D eigenvalue weighted by molar-refractivity contribution is -0.135. The summed E-state index contributed by atoms with van der Waals surface area (Å²) in [5, 5.41) is 14.6. The second-order valence-electron chi connectivity index (χ2n) is 5.63. The minimum atomic E-state index is -1.04. The van der Waals surface area contributed by atoms with E-state index >= 15 is 0 Å². The van der Waals surface area contributed by atoms with Crippen LogP contribution >= 0.6 is 0 Å². The number of anilines is 1. The first-order valence-corrected chi connectivity index (χ1v) is 7.69. The molecule has 6 nitrogen and oxygen atoms in total. The van der Waals surface area contributed by atoms with Crippen molar-refractivity contribution >= 4 is 34.6 Å². The van der Waals surface area contributed by atoms with Crippen LogP contribution in [0.2, 0.25) is 0 Å². The number of hydrogen-bond acceptors (Lipinski definition) is 4. The molecule has 0 saturated carbocycles. The van der Waals surface area contributed by atoms with E-state index in [2.05, 4.69) is 10.6 Å². The highest BCUT2D eigenvalue weighted by Crippen LogP contribution is 2.36. The van der Waals surface area contributed by atoms with E-state index in [4.69, 9.17) is 5.11 Å². The van der Waals surface area contributed by atoms with Gasteiger partial charge in [-0.3, -0.25) is 14.4 Å². The summed E-state index contributed by atoms with van der Waals surface area (Å²) >= 11 is 0. The topological polar surface area (TPSA) is 95.5 Å². The van der Waals surface area contributed by atoms with E-state index in [9.17, 15) is 14.4 Å². The van der Waals surface area contributed by atoms with Crippen LogP contribution in [-0.2, 0) is 9.59 Å². The van der Waals surface area contributed by atoms with Crippen LogP contribution in [0.5, 0.6) is 0 Å². The first-order chi connectivity index (χ1) is 12.0. The molecule has 0 unspecified atom stereocenters. The molecular weight excluding hydrogens is 320 g/mol. The van der Waals surface area contributed by atoms with E-state index < -0.39 is 5.97 Å². The number of amides is 1. The molecule has 0 atom stereocenters. The zero-order valence-electron chi connectivity index (χ0n) is 13.5. The Morgan fingerprint density at radius 1 is 1.08 bits per heavy atom. The monoisotopic (exact) mass is 336 g/mol. The van der Waals surface area contributed by atoms with Crippen molar-refractivity contribution in [1.82, 2.24) is 5.32 Å². The van der Waals surface area contributed by atoms with E-state index in [1.807, 2.05) is 6.07 Å². The van der Waals surface area contributed by atoms with Gasteiger partial charge in [-0.1, -0.05) is 30.3 Å². The number of carboxylic acid groups (broad SMARTS) is 1. The van der Waals surface area contributed by atoms with Gasteiger partial charge in [0.15, 0.2) is 5.78 Å². The average Bonchev–Trinajstić information content (AvgIpc) is 2.91. The average molecular weight is 336 g/mol. The highest BCUT2D eigenvalue weighted by Gasteiger charge is 2.29. The largest absolute Gasteiger partial charge is 0.480 e. The summed E-state index contributed by atoms with van der Waals surface area (Å²) in [6, 6.07) is 14.0. The van der Waals surface area contributed by atoms with Gasteiger partial charge in [0, 0.05) is 16.8 Å². The SMILES string of the molecule is CC(=O)c1ccc2c(c1)C(=C(NCC(=O)O)c1ccccc1)C(=O)N2. The third-order valence-corrected chi connectivity index (χ3v) is 3.90. The van der Waals surface area contributed by atoms with Crippen LogP contribution in [0, 0.1) is 0 Å². The summed E-state index contributed by atoms with van der Waals surface area (Å²) in [4.78, 5) is 35.2. The van der Waals surface area contributed by atoms with Crippen LogP contribution in [0.1, 0.15) is 28.4 Å². The molecule has 2 aromatic rings. The van der Waals surface area contributed by atoms with Gasteiger partial charge in [-0.05, 0) is 30.7 Å². The molecule has 1 aliphatic heterocycles. The zero-order valence-corrected chi connectivity index (χ0v) is 13.5. The normalized spacial score (nSPS) is 14.5. The van der Waals surface area contributed by atoms with Crippen LogP contribution in [0.15, 0.2) is 48.5 Å². The van der Waals surface area contributed by atoms with Crippen LogP contribution in [0.3, 0.4) is 0 Å². The summed E-state index contributed by atoms with van der Waals surface area (Å²) in [5.74, 6) is -1.49. The predicted molar refractivity (Wildman–Crippen MR) is 94.0 cm³/mol. The number of carboxylic acids is 1. The van der Waals surface area contributed by atoms with Gasteiger partial charge in [-0.2, -0.15) is 0 Å². The quantitative estimate of drug-likeness (QED) is 0.575. The van der Waals surface area contributed by atoms with E-state index in [0.717, 1.165) is 0 Å². The Balaban J connectivity index is 2.20. The van der Waals surface area contributed by atoms with Crippen molar-refractivity contribution in [2.75, 3.05) is 11.9 Å². The summed E-state index contributed by atoms with van der Waals surface area (Å²) in [6.45, 7) is 1.12. The minimum absolute atomic E-state index is 0.110. The molecule has 3 rings (SSSR count). The molecule has 0 radical (unpaired) electrons. The molecule has 25 heavy (non-hydrogen) atoms. The maximum absolute atomic E-state index is 12.5. The number of fused-ring (bicyclic) bond motifs is 1. The summed E-state index contributed by atoms with van der Waals surface area (Å²) in [7, 11) is 0. The maximum Gasteiger partial charge on any atom is 0.322 e. The molecule has 2 aromatic carbocycles. The smallest absolute Gasteiger partial charge is 0.322 e. The second kappa shape index (κ2) is 6.60. The standard InChI is InChI=1S/C19H16N2O4/c1-11(22)13-7-8-15-14(9-13)17(19(25)21-15)18(20-10-16(23)24)12-5-3-2-4-6-12/h2-9,20H,10H2,1H3,(H,21,25)(H,23,24). The molecule has 6 heteroatoms. The van der Waals surface area contributed by atoms with Crippen LogP contribution < -0.4 is 10.6 Å². The number of carbonyl (C=O) groups excluding carboxylic acids is 2. The van der Waals surface area contributed by atoms with Crippen molar-refractivity contribution < 1.29 is 19.5 Å². The van der Waals surface area contributed by atoms with Crippen molar-refractivity contribution in [2.24, 2.45) is 0 Å². The lowest BCUT2D eigenvalue weighted by Crippen LogP contribution is -2.23. The molecule has 1 heterocycles. The van der Waals surface area contributed by atoms with E-state index in [-0.39, 0.29) is 18.2 Å². The van der Waals surface area contributed by atoms with Crippen molar-refractivity contribution in [2.45, 2.75) is 6.92 Å². The Morgan fingerprint density at radius 3 is 2.44 bits per heavy atom. The van der Waals surface area contributed by atoms with Gasteiger partial charge in [0.2, 0.25) is 0 Å². The number of benzene rings is 2. The van der Waals surface area contributed by atoms with Crippen molar-refractivity contribution in [3.8, 4) is 0 Å². The number of hydrogen-bond donors (Lipinski definition) is 3. The molecule has 0 fully saturated rings. The molecule has 0 aliphatic carbocycles. The maximum atomic E-state index is 12.5. The zero-order chi connectivity index (χ0) is 18.0. The number of ketones is 1. The Morgan fingerprint density at radius 2 is 1.80 bits per heavy atom. The molecule has 0 spiro atoms. The van der Waals surface area contributed by atoms with E-state index in [1.165, 1.54) is 6.92 Å². The van der Waals surface area contributed by atoms with Crippen molar-refractivity contribution in [3.63, 3.8) is 0 Å². The van der Waals surface area contributed by atoms with E-state index in [0.29, 0.717) is 33.6 Å². The van der Waals surface area contributed by atoms with Crippen molar-refractivity contribution in [1.29, 1.82) is 0 Å². The number of Topliss-reactive ketones (excluding diaryl/α,β-unsaturated/α-hetero) is 1. The third kappa shape index (κ3) is 3.28. The first kappa shape index (κ1) is 16.4. The Kier molecular flexibility index (Phi) is 4.35. The molecular formula is C19H16N2O4. The summed E-state index contributed by atoms with van der Waals surface area (Å²) in [6.07, 6.45) is 0. The summed E-state index contributed by atoms with van der Waals surface area (Å²) in [5.41, 5.74) is 3.09. The molecule has 1 aliphatic rings. The molecule has 126 valence electrons. The minimum Gasteiger partial charge on any atom is -0.480 e. The van der Waals surface area contributed by atoms with Gasteiger partial charge in [-0.25, -0.2) is 0 Å².